The number of thioether (sulfide) groups is 1. The number of hydrazine groups is 1. The number of hydrogen-bond donors (Lipinski definition) is 4. The summed E-state index contributed by atoms with van der Waals surface area (Å²) in [7, 11) is 0. The van der Waals surface area contributed by atoms with Crippen LogP contribution in [0.15, 0.2) is 35.1 Å². The van der Waals surface area contributed by atoms with E-state index in [1.54, 1.807) is 11.8 Å². The largest absolute Gasteiger partial charge is 0.481 e. The fraction of sp³-hybridized carbons (Fsp3) is 0.591. The molecule has 0 aromatic carbocycles. The molecule has 7 nitrogen and oxygen atoms in total. The molecule has 0 bridgehead atoms. The van der Waals surface area contributed by atoms with E-state index in [0.29, 0.717) is 5.75 Å². The topological polar surface area (TPSA) is 108 Å². The number of carbonyl (C=O) groups is 3. The summed E-state index contributed by atoms with van der Waals surface area (Å²) in [5.74, 6) is -1.45. The molecule has 0 radical (unpaired) electrons. The second-order valence-corrected chi connectivity index (χ2v) is 8.93. The SMILES string of the molecule is CC(C)=CCC/C(C)=C/CC/C1=C/CSC[C@H](NC(=O)C[C@H](C)C(=O)O)C(=O)NN1. The van der Waals surface area contributed by atoms with Crippen LogP contribution in [0.5, 0.6) is 0 Å². The normalized spacial score (nSPS) is 20.3. The molecule has 1 rings (SSSR count). The molecule has 1 aliphatic heterocycles. The molecule has 168 valence electrons. The Kier molecular flexibility index (Phi) is 12.0. The molecule has 0 aromatic heterocycles. The van der Waals surface area contributed by atoms with Gasteiger partial charge in [-0.2, -0.15) is 11.8 Å². The van der Waals surface area contributed by atoms with Gasteiger partial charge < -0.3 is 15.8 Å². The van der Waals surface area contributed by atoms with Gasteiger partial charge in [-0.3, -0.25) is 19.8 Å². The molecule has 2 atom stereocenters. The van der Waals surface area contributed by atoms with E-state index in [0.717, 1.165) is 37.1 Å². The maximum Gasteiger partial charge on any atom is 0.306 e. The van der Waals surface area contributed by atoms with Gasteiger partial charge in [0.2, 0.25) is 5.91 Å². The fourth-order valence-corrected chi connectivity index (χ4v) is 3.68. The lowest BCUT2D eigenvalue weighted by atomic mass is 10.1. The standard InChI is InChI=1S/C22H35N3O4S/c1-15(2)7-5-8-16(3)9-6-10-18-11-12-30-14-19(21(27)25-24-18)23-20(26)13-17(4)22(28)29/h7,9,11,17,19,24H,5-6,8,10,12-14H2,1-4H3,(H,23,26)(H,25,27)(H,28,29)/b16-9+,18-11-/t17-,19-/m0/s1. The molecule has 0 fully saturated rings. The minimum Gasteiger partial charge on any atom is -0.481 e. The van der Waals surface area contributed by atoms with E-state index in [1.165, 1.54) is 18.1 Å². The fourth-order valence-electron chi connectivity index (χ4n) is 2.76. The number of nitrogens with one attached hydrogen (secondary N) is 3. The summed E-state index contributed by atoms with van der Waals surface area (Å²) in [6.07, 6.45) is 10.1. The molecule has 0 spiro atoms. The molecule has 0 unspecified atom stereocenters. The first-order valence-electron chi connectivity index (χ1n) is 10.3. The van der Waals surface area contributed by atoms with Crippen LogP contribution >= 0.6 is 11.8 Å². The maximum absolute atomic E-state index is 12.4. The van der Waals surface area contributed by atoms with Crippen LogP contribution in [-0.2, 0) is 14.4 Å². The lowest BCUT2D eigenvalue weighted by Gasteiger charge is -2.18. The van der Waals surface area contributed by atoms with Crippen molar-refractivity contribution in [3.8, 4) is 0 Å². The molecule has 0 aromatic rings. The van der Waals surface area contributed by atoms with Crippen molar-refractivity contribution in [1.29, 1.82) is 0 Å². The lowest BCUT2D eigenvalue weighted by Crippen LogP contribution is -2.51. The van der Waals surface area contributed by atoms with Crippen LogP contribution in [0.4, 0.5) is 0 Å². The number of carboxylic acid groups (broad SMARTS) is 1. The van der Waals surface area contributed by atoms with Gasteiger partial charge in [0, 0.05) is 23.6 Å². The number of amides is 2. The van der Waals surface area contributed by atoms with Crippen LogP contribution in [0.3, 0.4) is 0 Å². The Morgan fingerprint density at radius 2 is 2.00 bits per heavy atom. The predicted molar refractivity (Wildman–Crippen MR) is 122 cm³/mol. The highest BCUT2D eigenvalue weighted by Gasteiger charge is 2.24. The maximum atomic E-state index is 12.4. The molecule has 2 amide bonds. The van der Waals surface area contributed by atoms with E-state index < -0.39 is 23.8 Å². The van der Waals surface area contributed by atoms with Crippen molar-refractivity contribution in [2.45, 2.75) is 65.8 Å². The summed E-state index contributed by atoms with van der Waals surface area (Å²) in [4.78, 5) is 35.3. The number of hydrogen-bond acceptors (Lipinski definition) is 5. The summed E-state index contributed by atoms with van der Waals surface area (Å²) in [6.45, 7) is 7.82. The zero-order valence-corrected chi connectivity index (χ0v) is 19.2. The summed E-state index contributed by atoms with van der Waals surface area (Å²) in [5.41, 5.74) is 9.26. The van der Waals surface area contributed by atoms with Crippen LogP contribution in [0.2, 0.25) is 0 Å². The molecule has 0 aliphatic carbocycles. The Morgan fingerprint density at radius 1 is 1.27 bits per heavy atom. The zero-order valence-electron chi connectivity index (χ0n) is 18.4. The lowest BCUT2D eigenvalue weighted by molar-refractivity contribution is -0.143. The average Bonchev–Trinajstić information content (AvgIpc) is 2.74. The van der Waals surface area contributed by atoms with Gasteiger partial charge in [-0.05, 0) is 46.5 Å². The highest BCUT2D eigenvalue weighted by Crippen LogP contribution is 2.13. The molecule has 1 heterocycles. The van der Waals surface area contributed by atoms with Gasteiger partial charge in [0.15, 0.2) is 0 Å². The first-order chi connectivity index (χ1) is 14.2. The number of allylic oxidation sites excluding steroid dienone is 5. The molecule has 8 heteroatoms. The Hall–Kier alpha value is -2.22. The van der Waals surface area contributed by atoms with Crippen molar-refractivity contribution < 1.29 is 19.5 Å². The van der Waals surface area contributed by atoms with Crippen LogP contribution in [-0.4, -0.2) is 40.4 Å². The highest BCUT2D eigenvalue weighted by molar-refractivity contribution is 7.99. The van der Waals surface area contributed by atoms with Crippen molar-refractivity contribution in [3.63, 3.8) is 0 Å². The highest BCUT2D eigenvalue weighted by atomic mass is 32.2. The van der Waals surface area contributed by atoms with Gasteiger partial charge in [-0.25, -0.2) is 0 Å². The zero-order chi connectivity index (χ0) is 22.5. The first kappa shape index (κ1) is 25.8. The van der Waals surface area contributed by atoms with Crippen LogP contribution < -0.4 is 16.2 Å². The van der Waals surface area contributed by atoms with Crippen molar-refractivity contribution in [2.75, 3.05) is 11.5 Å². The Balaban J connectivity index is 2.49. The molecule has 1 aliphatic rings. The van der Waals surface area contributed by atoms with Crippen LogP contribution in [0, 0.1) is 5.92 Å². The smallest absolute Gasteiger partial charge is 0.306 e. The number of carboxylic acids is 1. The van der Waals surface area contributed by atoms with Gasteiger partial charge in [-0.1, -0.05) is 36.3 Å². The predicted octanol–water partition coefficient (Wildman–Crippen LogP) is 3.31. The second kappa shape index (κ2) is 13.9. The molecule has 30 heavy (non-hydrogen) atoms. The van der Waals surface area contributed by atoms with Crippen molar-refractivity contribution >= 4 is 29.5 Å². The third-order valence-electron chi connectivity index (χ3n) is 4.64. The summed E-state index contributed by atoms with van der Waals surface area (Å²) in [5, 5.41) is 11.6. The first-order valence-corrected chi connectivity index (χ1v) is 11.5. The Morgan fingerprint density at radius 3 is 2.67 bits per heavy atom. The van der Waals surface area contributed by atoms with Crippen molar-refractivity contribution in [1.82, 2.24) is 16.2 Å². The number of carbonyl (C=O) groups excluding carboxylic acids is 2. The van der Waals surface area contributed by atoms with Crippen LogP contribution in [0.1, 0.15) is 59.8 Å². The molecule has 0 saturated carbocycles. The monoisotopic (exact) mass is 437 g/mol. The minimum atomic E-state index is -1.03. The quantitative estimate of drug-likeness (QED) is 0.391. The molecule has 4 N–H and O–H groups in total. The third-order valence-corrected chi connectivity index (χ3v) is 5.61. The van der Waals surface area contributed by atoms with Crippen LogP contribution in [0.25, 0.3) is 0 Å². The minimum absolute atomic E-state index is 0.153. The van der Waals surface area contributed by atoms with Gasteiger partial charge in [-0.15, -0.1) is 0 Å². The third kappa shape index (κ3) is 11.1. The number of aliphatic carboxylic acids is 1. The van der Waals surface area contributed by atoms with Crippen molar-refractivity contribution in [3.05, 3.63) is 35.1 Å². The average molecular weight is 438 g/mol. The Labute approximate surface area is 183 Å². The molecular formula is C22H35N3O4S. The van der Waals surface area contributed by atoms with Gasteiger partial charge in [0.05, 0.1) is 5.92 Å². The second-order valence-electron chi connectivity index (χ2n) is 7.85. The number of rotatable bonds is 10. The summed E-state index contributed by atoms with van der Waals surface area (Å²) < 4.78 is 0. The van der Waals surface area contributed by atoms with Crippen molar-refractivity contribution in [2.24, 2.45) is 5.92 Å². The Bertz CT molecular complexity index is 696. The molecule has 0 saturated heterocycles. The van der Waals surface area contributed by atoms with Gasteiger partial charge in [0.25, 0.3) is 5.91 Å². The summed E-state index contributed by atoms with van der Waals surface area (Å²) in [6, 6.07) is -0.707. The van der Waals surface area contributed by atoms with Gasteiger partial charge in [0.1, 0.15) is 6.04 Å². The van der Waals surface area contributed by atoms with E-state index in [4.69, 9.17) is 5.11 Å². The molecular weight excluding hydrogens is 402 g/mol. The van der Waals surface area contributed by atoms with E-state index in [1.807, 2.05) is 6.08 Å². The van der Waals surface area contributed by atoms with Gasteiger partial charge >= 0.3 is 5.97 Å². The van der Waals surface area contributed by atoms with E-state index in [-0.39, 0.29) is 12.3 Å². The van der Waals surface area contributed by atoms with E-state index in [2.05, 4.69) is 49.1 Å². The van der Waals surface area contributed by atoms with E-state index >= 15 is 0 Å². The van der Waals surface area contributed by atoms with E-state index in [9.17, 15) is 14.4 Å². The summed E-state index contributed by atoms with van der Waals surface area (Å²) >= 11 is 1.55.